The zero-order chi connectivity index (χ0) is 21.3. The van der Waals surface area contributed by atoms with Gasteiger partial charge in [-0.1, -0.05) is 18.6 Å². The van der Waals surface area contributed by atoms with Gasteiger partial charge in [-0.3, -0.25) is 0 Å². The number of hydrogen-bond donors (Lipinski definition) is 1. The maximum absolute atomic E-state index is 11.5. The van der Waals surface area contributed by atoms with Crippen molar-refractivity contribution in [1.29, 1.82) is 0 Å². The van der Waals surface area contributed by atoms with E-state index in [1.807, 2.05) is 18.4 Å². The summed E-state index contributed by atoms with van der Waals surface area (Å²) in [6.07, 6.45) is 17.1. The van der Waals surface area contributed by atoms with Crippen molar-refractivity contribution in [3.63, 3.8) is 0 Å². The number of carbonyl (C=O) groups excluding carboxylic acids is 1. The molecule has 5 heteroatoms. The molecule has 160 valence electrons. The highest BCUT2D eigenvalue weighted by Crippen LogP contribution is 2.21. The second-order valence-corrected chi connectivity index (χ2v) is 7.97. The molecule has 0 spiro atoms. The van der Waals surface area contributed by atoms with Crippen molar-refractivity contribution in [2.75, 3.05) is 6.61 Å². The van der Waals surface area contributed by atoms with Crippen LogP contribution in [0.2, 0.25) is 0 Å². The molecular weight excluding hydrogens is 380 g/mol. The first-order chi connectivity index (χ1) is 14.5. The van der Waals surface area contributed by atoms with Crippen LogP contribution < -0.4 is 0 Å². The molecule has 1 aliphatic rings. The minimum atomic E-state index is -0.444. The lowest BCUT2D eigenvalue weighted by Crippen LogP contribution is -2.02. The van der Waals surface area contributed by atoms with Gasteiger partial charge in [0.05, 0.1) is 31.0 Å². The van der Waals surface area contributed by atoms with Crippen LogP contribution in [-0.4, -0.2) is 17.7 Å². The van der Waals surface area contributed by atoms with Crippen molar-refractivity contribution in [2.24, 2.45) is 5.92 Å². The van der Waals surface area contributed by atoms with Gasteiger partial charge >= 0.3 is 5.97 Å². The average Bonchev–Trinajstić information content (AvgIpc) is 3.44. The highest BCUT2D eigenvalue weighted by atomic mass is 16.5. The average molecular weight is 411 g/mol. The van der Waals surface area contributed by atoms with E-state index in [1.54, 1.807) is 18.6 Å². The van der Waals surface area contributed by atoms with Gasteiger partial charge in [-0.2, -0.15) is 0 Å². The SMILES string of the molecule is C/C(=C\CCc1coc(Cc2ccoc2)c1)CCCC(C)/C=C1/C=C(CO)C(=O)O1. The number of cyclic esters (lactones) is 1. The summed E-state index contributed by atoms with van der Waals surface area (Å²) in [5.41, 5.74) is 4.05. The summed E-state index contributed by atoms with van der Waals surface area (Å²) in [6, 6.07) is 4.08. The van der Waals surface area contributed by atoms with Gasteiger partial charge in [0, 0.05) is 6.42 Å². The number of aliphatic hydroxyl groups is 1. The lowest BCUT2D eigenvalue weighted by molar-refractivity contribution is -0.133. The van der Waals surface area contributed by atoms with Crippen molar-refractivity contribution >= 4 is 5.97 Å². The Morgan fingerprint density at radius 2 is 2.13 bits per heavy atom. The molecule has 2 aromatic rings. The van der Waals surface area contributed by atoms with E-state index >= 15 is 0 Å². The molecule has 0 radical (unpaired) electrons. The van der Waals surface area contributed by atoms with Crippen LogP contribution in [-0.2, 0) is 22.4 Å². The second kappa shape index (κ2) is 10.8. The van der Waals surface area contributed by atoms with E-state index in [0.717, 1.165) is 49.8 Å². The molecule has 0 aliphatic carbocycles. The number of hydrogen-bond acceptors (Lipinski definition) is 5. The van der Waals surface area contributed by atoms with E-state index in [9.17, 15) is 4.79 Å². The normalized spacial score (nSPS) is 16.8. The molecule has 1 aliphatic heterocycles. The molecule has 5 nitrogen and oxygen atoms in total. The molecule has 30 heavy (non-hydrogen) atoms. The summed E-state index contributed by atoms with van der Waals surface area (Å²) in [5.74, 6) is 1.38. The number of allylic oxidation sites excluding steroid dienone is 4. The number of aryl methyl sites for hydroxylation is 1. The molecule has 0 saturated carbocycles. The third kappa shape index (κ3) is 6.63. The zero-order valence-corrected chi connectivity index (χ0v) is 17.7. The van der Waals surface area contributed by atoms with Gasteiger partial charge in [-0.15, -0.1) is 0 Å². The lowest BCUT2D eigenvalue weighted by Gasteiger charge is -2.07. The van der Waals surface area contributed by atoms with Crippen LogP contribution in [0.25, 0.3) is 0 Å². The Morgan fingerprint density at radius 1 is 1.27 bits per heavy atom. The van der Waals surface area contributed by atoms with Gasteiger partial charge in [0.15, 0.2) is 0 Å². The maximum Gasteiger partial charge on any atom is 0.341 e. The third-order valence-corrected chi connectivity index (χ3v) is 5.23. The minimum Gasteiger partial charge on any atom is -0.472 e. The van der Waals surface area contributed by atoms with Gasteiger partial charge in [-0.05, 0) is 80.4 Å². The smallest absolute Gasteiger partial charge is 0.341 e. The first kappa shape index (κ1) is 21.9. The number of esters is 1. The molecule has 1 unspecified atom stereocenters. The first-order valence-electron chi connectivity index (χ1n) is 10.5. The van der Waals surface area contributed by atoms with Crippen LogP contribution in [0.15, 0.2) is 74.9 Å². The quantitative estimate of drug-likeness (QED) is 0.391. The third-order valence-electron chi connectivity index (χ3n) is 5.23. The van der Waals surface area contributed by atoms with Crippen molar-refractivity contribution < 1.29 is 23.5 Å². The largest absolute Gasteiger partial charge is 0.472 e. The molecule has 2 aromatic heterocycles. The lowest BCUT2D eigenvalue weighted by atomic mass is 10.00. The molecular formula is C25H30O5. The van der Waals surface area contributed by atoms with Crippen molar-refractivity contribution in [3.8, 4) is 0 Å². The van der Waals surface area contributed by atoms with Crippen LogP contribution in [0.3, 0.4) is 0 Å². The van der Waals surface area contributed by atoms with Crippen LogP contribution >= 0.6 is 0 Å². The van der Waals surface area contributed by atoms with Gasteiger partial charge in [0.25, 0.3) is 0 Å². The number of rotatable bonds is 11. The molecule has 0 amide bonds. The maximum atomic E-state index is 11.5. The van der Waals surface area contributed by atoms with Gasteiger partial charge < -0.3 is 18.7 Å². The topological polar surface area (TPSA) is 72.8 Å². The van der Waals surface area contributed by atoms with Gasteiger partial charge in [-0.25, -0.2) is 4.79 Å². The van der Waals surface area contributed by atoms with Crippen LogP contribution in [0.1, 0.15) is 56.4 Å². The highest BCUT2D eigenvalue weighted by molar-refractivity contribution is 5.92. The fourth-order valence-corrected chi connectivity index (χ4v) is 3.52. The first-order valence-corrected chi connectivity index (χ1v) is 10.5. The Labute approximate surface area is 177 Å². The molecule has 3 rings (SSSR count). The second-order valence-electron chi connectivity index (χ2n) is 7.97. The molecule has 0 aromatic carbocycles. The predicted molar refractivity (Wildman–Crippen MR) is 115 cm³/mol. The number of carbonyl (C=O) groups is 1. The minimum absolute atomic E-state index is 0.279. The molecule has 1 N–H and O–H groups in total. The summed E-state index contributed by atoms with van der Waals surface area (Å²) in [4.78, 5) is 11.5. The highest BCUT2D eigenvalue weighted by Gasteiger charge is 2.20. The summed E-state index contributed by atoms with van der Waals surface area (Å²) >= 11 is 0. The number of furan rings is 2. The van der Waals surface area contributed by atoms with E-state index in [4.69, 9.17) is 18.7 Å². The summed E-state index contributed by atoms with van der Waals surface area (Å²) in [6.45, 7) is 4.02. The van der Waals surface area contributed by atoms with Crippen molar-refractivity contribution in [1.82, 2.24) is 0 Å². The van der Waals surface area contributed by atoms with Crippen LogP contribution in [0.5, 0.6) is 0 Å². The van der Waals surface area contributed by atoms with Gasteiger partial charge in [0.1, 0.15) is 11.5 Å². The van der Waals surface area contributed by atoms with E-state index in [2.05, 4.69) is 26.0 Å². The Kier molecular flexibility index (Phi) is 7.91. The molecule has 0 bridgehead atoms. The summed E-state index contributed by atoms with van der Waals surface area (Å²) < 4.78 is 15.9. The van der Waals surface area contributed by atoms with E-state index in [1.165, 1.54) is 11.1 Å². The summed E-state index contributed by atoms with van der Waals surface area (Å²) in [5, 5.41) is 9.08. The fraction of sp³-hybridized carbons (Fsp3) is 0.400. The number of ether oxygens (including phenoxy) is 1. The van der Waals surface area contributed by atoms with E-state index in [0.29, 0.717) is 17.3 Å². The van der Waals surface area contributed by atoms with Crippen LogP contribution in [0.4, 0.5) is 0 Å². The Hall–Kier alpha value is -2.79. The Balaban J connectivity index is 1.35. The predicted octanol–water partition coefficient (Wildman–Crippen LogP) is 5.51. The molecule has 0 saturated heterocycles. The van der Waals surface area contributed by atoms with E-state index < -0.39 is 5.97 Å². The van der Waals surface area contributed by atoms with Crippen molar-refractivity contribution in [2.45, 2.75) is 52.4 Å². The monoisotopic (exact) mass is 410 g/mol. The Bertz CT molecular complexity index is 911. The van der Waals surface area contributed by atoms with E-state index in [-0.39, 0.29) is 6.61 Å². The molecule has 0 fully saturated rings. The zero-order valence-electron chi connectivity index (χ0n) is 17.7. The molecule has 1 atom stereocenters. The standard InChI is InChI=1S/C25H30O5/c1-18(5-3-7-19(2)11-24-14-22(15-26)25(27)30-24)6-4-8-20-12-23(29-17-20)13-21-9-10-28-16-21/h6,9-12,14,16-17,19,26H,3-5,7-8,13,15H2,1-2H3/b18-6+,24-11-. The molecule has 3 heterocycles. The summed E-state index contributed by atoms with van der Waals surface area (Å²) in [7, 11) is 0. The Morgan fingerprint density at radius 3 is 2.87 bits per heavy atom. The van der Waals surface area contributed by atoms with Gasteiger partial charge in [0.2, 0.25) is 0 Å². The van der Waals surface area contributed by atoms with Crippen molar-refractivity contribution in [3.05, 3.63) is 82.9 Å². The fourth-order valence-electron chi connectivity index (χ4n) is 3.52. The number of aliphatic hydroxyl groups excluding tert-OH is 1. The van der Waals surface area contributed by atoms with Crippen LogP contribution in [0, 0.1) is 5.92 Å².